The number of hydrogen-bond acceptors (Lipinski definition) is 5. The fourth-order valence-corrected chi connectivity index (χ4v) is 1.68. The molecule has 0 aromatic carbocycles. The minimum absolute atomic E-state index is 0.145. The minimum Gasteiger partial charge on any atom is -0.384 e. The molecular weight excluding hydrogens is 252 g/mol. The highest BCUT2D eigenvalue weighted by Gasteiger charge is 2.20. The van der Waals surface area contributed by atoms with Crippen LogP contribution in [0, 0.1) is 12.3 Å². The molecule has 0 fully saturated rings. The van der Waals surface area contributed by atoms with Gasteiger partial charge in [-0.15, -0.1) is 0 Å². The Balaban J connectivity index is 2.27. The third-order valence-electron chi connectivity index (χ3n) is 3.39. The Kier molecular flexibility index (Phi) is 3.65. The van der Waals surface area contributed by atoms with Gasteiger partial charge in [0.1, 0.15) is 18.0 Å². The van der Waals surface area contributed by atoms with E-state index in [0.29, 0.717) is 11.6 Å². The van der Waals surface area contributed by atoms with Crippen molar-refractivity contribution in [3.05, 3.63) is 24.2 Å². The average Bonchev–Trinajstić information content (AvgIpc) is 2.67. The van der Waals surface area contributed by atoms with Crippen LogP contribution in [0.2, 0.25) is 0 Å². The Labute approximate surface area is 119 Å². The normalized spacial score (nSPS) is 13.2. The van der Waals surface area contributed by atoms with Crippen LogP contribution in [0.15, 0.2) is 18.5 Å². The van der Waals surface area contributed by atoms with Gasteiger partial charge in [-0.05, 0) is 19.3 Å². The molecule has 0 amide bonds. The van der Waals surface area contributed by atoms with Gasteiger partial charge in [0.15, 0.2) is 5.82 Å². The molecule has 0 aliphatic heterocycles. The van der Waals surface area contributed by atoms with E-state index in [9.17, 15) is 0 Å². The Morgan fingerprint density at radius 3 is 2.50 bits per heavy atom. The number of hydrogen-bond donors (Lipinski definition) is 2. The zero-order valence-electron chi connectivity index (χ0n) is 12.7. The first kappa shape index (κ1) is 14.3. The van der Waals surface area contributed by atoms with E-state index in [0.717, 1.165) is 11.5 Å². The summed E-state index contributed by atoms with van der Waals surface area (Å²) < 4.78 is 1.62. The van der Waals surface area contributed by atoms with E-state index in [2.05, 4.69) is 48.1 Å². The minimum atomic E-state index is 0.145. The molecule has 2 aromatic heterocycles. The second-order valence-corrected chi connectivity index (χ2v) is 6.12. The van der Waals surface area contributed by atoms with Crippen LogP contribution in [0.3, 0.4) is 0 Å². The number of aromatic nitrogens is 4. The second kappa shape index (κ2) is 5.11. The lowest BCUT2D eigenvalue weighted by molar-refractivity contribution is 0.358. The molecule has 3 N–H and O–H groups in total. The number of nitrogens with two attached hydrogens (primary N) is 1. The van der Waals surface area contributed by atoms with Crippen LogP contribution in [0.5, 0.6) is 0 Å². The quantitative estimate of drug-likeness (QED) is 0.898. The summed E-state index contributed by atoms with van der Waals surface area (Å²) in [6.45, 7) is 10.6. The van der Waals surface area contributed by atoms with E-state index >= 15 is 0 Å². The van der Waals surface area contributed by atoms with Gasteiger partial charge in [0.2, 0.25) is 0 Å². The molecule has 108 valence electrons. The van der Waals surface area contributed by atoms with Crippen molar-refractivity contribution >= 4 is 11.6 Å². The topological polar surface area (TPSA) is 81.6 Å². The van der Waals surface area contributed by atoms with Crippen LogP contribution < -0.4 is 11.1 Å². The van der Waals surface area contributed by atoms with Crippen LogP contribution in [0.25, 0.3) is 5.82 Å². The molecule has 1 atom stereocenters. The predicted molar refractivity (Wildman–Crippen MR) is 80.8 cm³/mol. The van der Waals surface area contributed by atoms with Crippen molar-refractivity contribution in [1.82, 2.24) is 19.7 Å². The molecule has 6 heteroatoms. The van der Waals surface area contributed by atoms with E-state index in [1.54, 1.807) is 4.68 Å². The highest BCUT2D eigenvalue weighted by atomic mass is 15.3. The molecule has 0 radical (unpaired) electrons. The molecule has 2 heterocycles. The Morgan fingerprint density at radius 1 is 1.25 bits per heavy atom. The highest BCUT2D eigenvalue weighted by Crippen LogP contribution is 2.22. The molecule has 0 unspecified atom stereocenters. The van der Waals surface area contributed by atoms with Crippen molar-refractivity contribution in [2.75, 3.05) is 11.1 Å². The summed E-state index contributed by atoms with van der Waals surface area (Å²) in [6.07, 6.45) is 1.52. The summed E-state index contributed by atoms with van der Waals surface area (Å²) in [7, 11) is 0. The molecule has 2 rings (SSSR count). The summed E-state index contributed by atoms with van der Waals surface area (Å²) in [6, 6.07) is 3.94. The van der Waals surface area contributed by atoms with Gasteiger partial charge < -0.3 is 11.1 Å². The van der Waals surface area contributed by atoms with Gasteiger partial charge in [-0.1, -0.05) is 20.8 Å². The molecule has 6 nitrogen and oxygen atoms in total. The fraction of sp³-hybridized carbons (Fsp3) is 0.500. The average molecular weight is 274 g/mol. The number of rotatable bonds is 3. The predicted octanol–water partition coefficient (Wildman–Crippen LogP) is 2.40. The van der Waals surface area contributed by atoms with E-state index in [4.69, 9.17) is 5.73 Å². The standard InChI is InChI=1S/C14H22N6/c1-9-6-11(15)20(19-9)13-7-12(16-8-17-13)18-10(2)14(3,4)5/h6-8,10H,15H2,1-5H3,(H,16,17,18)/t10-/m1/s1. The summed E-state index contributed by atoms with van der Waals surface area (Å²) in [5, 5.41) is 7.71. The van der Waals surface area contributed by atoms with Gasteiger partial charge in [-0.2, -0.15) is 9.78 Å². The van der Waals surface area contributed by atoms with Crippen molar-refractivity contribution in [1.29, 1.82) is 0 Å². The molecule has 0 saturated carbocycles. The van der Waals surface area contributed by atoms with Crippen molar-refractivity contribution in [3.63, 3.8) is 0 Å². The maximum atomic E-state index is 5.91. The lowest BCUT2D eigenvalue weighted by atomic mass is 9.88. The zero-order valence-corrected chi connectivity index (χ0v) is 12.7. The van der Waals surface area contributed by atoms with E-state index in [1.807, 2.05) is 19.1 Å². The lowest BCUT2D eigenvalue weighted by Gasteiger charge is -2.28. The molecule has 0 saturated heterocycles. The van der Waals surface area contributed by atoms with Crippen molar-refractivity contribution in [2.24, 2.45) is 5.41 Å². The van der Waals surface area contributed by atoms with Crippen LogP contribution in [0.1, 0.15) is 33.4 Å². The number of nitrogens with zero attached hydrogens (tertiary/aromatic N) is 4. The van der Waals surface area contributed by atoms with E-state index in [1.165, 1.54) is 6.33 Å². The molecule has 20 heavy (non-hydrogen) atoms. The van der Waals surface area contributed by atoms with E-state index in [-0.39, 0.29) is 11.5 Å². The highest BCUT2D eigenvalue weighted by molar-refractivity contribution is 5.45. The first-order valence-electron chi connectivity index (χ1n) is 6.68. The zero-order chi connectivity index (χ0) is 14.9. The van der Waals surface area contributed by atoms with Gasteiger partial charge in [0.05, 0.1) is 5.69 Å². The monoisotopic (exact) mass is 274 g/mol. The van der Waals surface area contributed by atoms with Crippen molar-refractivity contribution in [2.45, 2.75) is 40.7 Å². The van der Waals surface area contributed by atoms with Gasteiger partial charge >= 0.3 is 0 Å². The first-order valence-corrected chi connectivity index (χ1v) is 6.68. The second-order valence-electron chi connectivity index (χ2n) is 6.12. The van der Waals surface area contributed by atoms with Crippen LogP contribution >= 0.6 is 0 Å². The lowest BCUT2D eigenvalue weighted by Crippen LogP contribution is -2.31. The SMILES string of the molecule is Cc1cc(N)n(-c2cc(N[C@H](C)C(C)(C)C)ncn2)n1. The Hall–Kier alpha value is -2.11. The molecule has 0 aliphatic rings. The van der Waals surface area contributed by atoms with Crippen LogP contribution in [-0.4, -0.2) is 25.8 Å². The Bertz CT molecular complexity index is 596. The largest absolute Gasteiger partial charge is 0.384 e. The number of aryl methyl sites for hydroxylation is 1. The van der Waals surface area contributed by atoms with Crippen LogP contribution in [0.4, 0.5) is 11.6 Å². The first-order chi connectivity index (χ1) is 9.27. The number of nitrogen functional groups attached to an aromatic ring is 1. The summed E-state index contributed by atoms with van der Waals surface area (Å²) >= 11 is 0. The fourth-order valence-electron chi connectivity index (χ4n) is 1.68. The third-order valence-corrected chi connectivity index (χ3v) is 3.39. The molecule has 0 bridgehead atoms. The van der Waals surface area contributed by atoms with Gasteiger partial charge in [-0.3, -0.25) is 0 Å². The van der Waals surface area contributed by atoms with Crippen molar-refractivity contribution in [3.8, 4) is 5.82 Å². The van der Waals surface area contributed by atoms with Crippen molar-refractivity contribution < 1.29 is 0 Å². The van der Waals surface area contributed by atoms with Gasteiger partial charge in [-0.25, -0.2) is 9.97 Å². The summed E-state index contributed by atoms with van der Waals surface area (Å²) in [5.41, 5.74) is 6.92. The smallest absolute Gasteiger partial charge is 0.161 e. The maximum absolute atomic E-state index is 5.91. The van der Waals surface area contributed by atoms with Crippen LogP contribution in [-0.2, 0) is 0 Å². The molecule has 2 aromatic rings. The van der Waals surface area contributed by atoms with Gasteiger partial charge in [0.25, 0.3) is 0 Å². The Morgan fingerprint density at radius 2 is 1.95 bits per heavy atom. The number of anilines is 2. The van der Waals surface area contributed by atoms with E-state index < -0.39 is 0 Å². The maximum Gasteiger partial charge on any atom is 0.161 e. The molecule has 0 aliphatic carbocycles. The third kappa shape index (κ3) is 3.07. The summed E-state index contributed by atoms with van der Waals surface area (Å²) in [4.78, 5) is 8.47. The van der Waals surface area contributed by atoms with Gasteiger partial charge in [0, 0.05) is 18.2 Å². The molecule has 0 spiro atoms. The number of nitrogens with one attached hydrogen (secondary N) is 1. The molecular formula is C14H22N6. The summed E-state index contributed by atoms with van der Waals surface area (Å²) in [5.74, 6) is 2.00.